The van der Waals surface area contributed by atoms with E-state index in [9.17, 15) is 0 Å². The standard InChI is InChI=1S/C68H44N5.Ir/c1-44-45(2)73-64-33-19-18-32-60(64)67-66(68(73)72-44)65(48-24-10-5-11-25-48)61(43-71-67)59-31-17-16-30-58(59)53-39-51(56-28-14-12-26-54(56)49-34-36-62(69-41-49)46-20-6-3-7-21-46)38-52(40-53)57-29-15-13-27-55(57)50-35-37-63(70-42-50)47-22-8-4-9-23-47;/h3-20,22,24-31,33-43H,1-2H3;/q-3;+3. The van der Waals surface area contributed by atoms with Crippen LogP contribution in [0.5, 0.6) is 0 Å². The fourth-order valence-electron chi connectivity index (χ4n) is 10.5. The predicted octanol–water partition coefficient (Wildman–Crippen LogP) is 16.8. The molecule has 0 aliphatic carbocycles. The van der Waals surface area contributed by atoms with Crippen molar-refractivity contribution >= 4 is 27.5 Å². The van der Waals surface area contributed by atoms with E-state index in [-0.39, 0.29) is 20.1 Å². The summed E-state index contributed by atoms with van der Waals surface area (Å²) in [6.07, 6.45) is 6.02. The molecule has 0 aliphatic rings. The van der Waals surface area contributed by atoms with Gasteiger partial charge in [-0.05, 0) is 121 Å². The van der Waals surface area contributed by atoms with Crippen LogP contribution in [0.15, 0.2) is 231 Å². The first-order chi connectivity index (χ1) is 36.1. The smallest absolute Gasteiger partial charge is 0.339 e. The minimum atomic E-state index is 0. The predicted molar refractivity (Wildman–Crippen MR) is 298 cm³/mol. The van der Waals surface area contributed by atoms with Crippen LogP contribution in [-0.4, -0.2) is 24.3 Å². The van der Waals surface area contributed by atoms with Crippen molar-refractivity contribution in [3.05, 3.63) is 261 Å². The Morgan fingerprint density at radius 3 is 1.39 bits per heavy atom. The maximum atomic E-state index is 5.37. The fraction of sp³-hybridized carbons (Fsp3) is 0.0294. The van der Waals surface area contributed by atoms with Gasteiger partial charge < -0.3 is 19.4 Å². The van der Waals surface area contributed by atoms with E-state index in [0.29, 0.717) is 0 Å². The molecule has 0 fully saturated rings. The maximum Gasteiger partial charge on any atom is 3.00 e. The summed E-state index contributed by atoms with van der Waals surface area (Å²) in [6, 6.07) is 84.6. The first-order valence-electron chi connectivity index (χ1n) is 24.5. The molecule has 350 valence electrons. The summed E-state index contributed by atoms with van der Waals surface area (Å²) in [5.41, 5.74) is 23.5. The van der Waals surface area contributed by atoms with Crippen LogP contribution in [0.25, 0.3) is 128 Å². The minimum absolute atomic E-state index is 0. The Bertz CT molecular complexity index is 4040. The molecule has 8 aromatic carbocycles. The molecule has 0 bridgehead atoms. The summed E-state index contributed by atoms with van der Waals surface area (Å²) in [5, 5.41) is 1.96. The Balaban J connectivity index is 0.00000556. The van der Waals surface area contributed by atoms with Gasteiger partial charge in [0, 0.05) is 40.8 Å². The normalized spacial score (nSPS) is 11.3. The molecule has 0 atom stereocenters. The van der Waals surface area contributed by atoms with Crippen molar-refractivity contribution in [1.29, 1.82) is 0 Å². The van der Waals surface area contributed by atoms with Crippen LogP contribution >= 0.6 is 0 Å². The second-order valence-corrected chi connectivity index (χ2v) is 18.4. The average Bonchev–Trinajstić information content (AvgIpc) is 3.79. The van der Waals surface area contributed by atoms with Gasteiger partial charge >= 0.3 is 20.1 Å². The molecule has 74 heavy (non-hydrogen) atoms. The number of hydrogen-bond donors (Lipinski definition) is 0. The molecular formula is C68H44IrN5. The number of hydrogen-bond acceptors (Lipinski definition) is 4. The number of rotatable bonds is 9. The van der Waals surface area contributed by atoms with Crippen molar-refractivity contribution in [3.63, 3.8) is 0 Å². The van der Waals surface area contributed by atoms with E-state index in [1.807, 2.05) is 73.1 Å². The number of aryl methyl sites for hydroxylation is 2. The van der Waals surface area contributed by atoms with E-state index in [0.717, 1.165) is 139 Å². The number of imidazole rings is 1. The van der Waals surface area contributed by atoms with Crippen LogP contribution in [-0.2, 0) is 20.1 Å². The van der Waals surface area contributed by atoms with Crippen molar-refractivity contribution in [1.82, 2.24) is 24.3 Å². The molecule has 5 aromatic heterocycles. The molecule has 0 aliphatic heterocycles. The second kappa shape index (κ2) is 19.6. The molecule has 13 aromatic rings. The zero-order valence-electron chi connectivity index (χ0n) is 40.5. The first kappa shape index (κ1) is 46.2. The molecular weight excluding hydrogens is 1080 g/mol. The molecule has 0 amide bonds. The van der Waals surface area contributed by atoms with Crippen molar-refractivity contribution in [2.45, 2.75) is 13.8 Å². The Kier molecular flexibility index (Phi) is 12.2. The topological polar surface area (TPSA) is 56.0 Å². The largest absolute Gasteiger partial charge is 3.00 e. The average molecular weight is 1120 g/mol. The third-order valence-electron chi connectivity index (χ3n) is 14.1. The summed E-state index contributed by atoms with van der Waals surface area (Å²) in [4.78, 5) is 20.6. The number of fused-ring (bicyclic) bond motifs is 6. The minimum Gasteiger partial charge on any atom is -0.339 e. The van der Waals surface area contributed by atoms with Gasteiger partial charge in [0.15, 0.2) is 0 Å². The summed E-state index contributed by atoms with van der Waals surface area (Å²) < 4.78 is 2.28. The van der Waals surface area contributed by atoms with Crippen molar-refractivity contribution in [3.8, 4) is 100 Å². The van der Waals surface area contributed by atoms with Crippen LogP contribution in [0.3, 0.4) is 0 Å². The SMILES string of the molecule is Cc1nc2c3c(-c4ccccc4)c(-c4ccccc4-c4cc(-c5ccccc5-c5ccc(-c6[c-]cccc6)nc5)cc(-c5ccccc5-c5ccc(-c6[c-]cccc6)nc5)c4)cnc3c3[c-]cccc3n2c1C.[Ir+3]. The van der Waals surface area contributed by atoms with Gasteiger partial charge in [-0.2, -0.15) is 0 Å². The van der Waals surface area contributed by atoms with E-state index < -0.39 is 0 Å². The van der Waals surface area contributed by atoms with E-state index in [1.54, 1.807) is 0 Å². The Morgan fingerprint density at radius 2 is 0.878 bits per heavy atom. The first-order valence-corrected chi connectivity index (χ1v) is 24.5. The van der Waals surface area contributed by atoms with Gasteiger partial charge in [0.1, 0.15) is 5.65 Å². The molecule has 6 heteroatoms. The van der Waals surface area contributed by atoms with Gasteiger partial charge in [-0.25, -0.2) is 4.98 Å². The zero-order valence-corrected chi connectivity index (χ0v) is 42.9. The molecule has 13 rings (SSSR count). The van der Waals surface area contributed by atoms with Crippen molar-refractivity contribution < 1.29 is 20.1 Å². The van der Waals surface area contributed by atoms with Gasteiger partial charge in [-0.1, -0.05) is 127 Å². The summed E-state index contributed by atoms with van der Waals surface area (Å²) in [6.45, 7) is 4.24. The zero-order chi connectivity index (χ0) is 48.8. The van der Waals surface area contributed by atoms with Gasteiger partial charge in [0.2, 0.25) is 0 Å². The Labute approximate surface area is 444 Å². The van der Waals surface area contributed by atoms with Crippen LogP contribution in [0.4, 0.5) is 0 Å². The summed E-state index contributed by atoms with van der Waals surface area (Å²) in [5.74, 6) is 0. The van der Waals surface area contributed by atoms with E-state index >= 15 is 0 Å². The molecule has 0 radical (unpaired) electrons. The molecule has 0 spiro atoms. The van der Waals surface area contributed by atoms with E-state index in [4.69, 9.17) is 19.9 Å². The summed E-state index contributed by atoms with van der Waals surface area (Å²) >= 11 is 0. The van der Waals surface area contributed by atoms with Gasteiger partial charge in [-0.3, -0.25) is 0 Å². The van der Waals surface area contributed by atoms with Crippen molar-refractivity contribution in [2.24, 2.45) is 0 Å². The summed E-state index contributed by atoms with van der Waals surface area (Å²) in [7, 11) is 0. The number of aromatic nitrogens is 5. The van der Waals surface area contributed by atoms with Gasteiger partial charge in [0.05, 0.1) is 5.69 Å². The van der Waals surface area contributed by atoms with Gasteiger partial charge in [-0.15, -0.1) is 101 Å². The molecule has 5 nitrogen and oxygen atoms in total. The third kappa shape index (κ3) is 8.21. The van der Waals surface area contributed by atoms with Crippen molar-refractivity contribution in [2.75, 3.05) is 0 Å². The molecule has 5 heterocycles. The fourth-order valence-corrected chi connectivity index (χ4v) is 10.5. The molecule has 0 unspecified atom stereocenters. The number of nitrogens with zero attached hydrogens (tertiary/aromatic N) is 5. The third-order valence-corrected chi connectivity index (χ3v) is 14.1. The molecule has 0 saturated heterocycles. The number of benzene rings is 8. The molecule has 0 N–H and O–H groups in total. The maximum absolute atomic E-state index is 5.37. The van der Waals surface area contributed by atoms with Crippen LogP contribution in [0.1, 0.15) is 11.4 Å². The van der Waals surface area contributed by atoms with Gasteiger partial charge in [0.25, 0.3) is 0 Å². The Morgan fingerprint density at radius 1 is 0.392 bits per heavy atom. The Hall–Kier alpha value is -8.93. The van der Waals surface area contributed by atoms with E-state index in [1.165, 1.54) is 0 Å². The van der Waals surface area contributed by atoms with Crippen LogP contribution in [0.2, 0.25) is 0 Å². The van der Waals surface area contributed by atoms with Crippen LogP contribution in [0, 0.1) is 32.0 Å². The second-order valence-electron chi connectivity index (χ2n) is 18.4. The molecule has 0 saturated carbocycles. The van der Waals surface area contributed by atoms with Crippen LogP contribution < -0.4 is 0 Å². The number of pyridine rings is 4. The quantitative estimate of drug-likeness (QED) is 0.107. The monoisotopic (exact) mass is 1120 g/mol. The van der Waals surface area contributed by atoms with E-state index in [2.05, 4.69) is 194 Å².